The maximum absolute atomic E-state index is 12.4. The van der Waals surface area contributed by atoms with E-state index in [1.54, 1.807) is 17.3 Å². The lowest BCUT2D eigenvalue weighted by Gasteiger charge is -2.30. The first-order valence-corrected chi connectivity index (χ1v) is 7.86. The molecule has 0 unspecified atom stereocenters. The number of aromatic nitrogens is 1. The van der Waals surface area contributed by atoms with Crippen LogP contribution >= 0.6 is 0 Å². The second-order valence-corrected chi connectivity index (χ2v) is 6.34. The number of hydrogen-bond acceptors (Lipinski definition) is 4. The normalized spacial score (nSPS) is 21.8. The standard InChI is InChI=1S/C17H26N2O3/c1-5-17(2,3)22-12-15(20)19(4)14-8-10-21-16(14)13-7-6-9-18-11-13/h6-7,9,11,14,16H,5,8,10,12H2,1-4H3/t14-,16+/m0/s1. The molecule has 1 amide bonds. The summed E-state index contributed by atoms with van der Waals surface area (Å²) < 4.78 is 11.5. The lowest BCUT2D eigenvalue weighted by Crippen LogP contribution is -2.42. The SMILES string of the molecule is CCC(C)(C)OCC(=O)N(C)[C@H]1CCO[C@@H]1c1cccnc1. The zero-order valence-electron chi connectivity index (χ0n) is 13.9. The Kier molecular flexibility index (Phi) is 5.53. The number of likely N-dealkylation sites (N-methyl/N-ethyl adjacent to an activating group) is 1. The van der Waals surface area contributed by atoms with Crippen LogP contribution in [-0.2, 0) is 14.3 Å². The minimum atomic E-state index is -0.272. The fourth-order valence-corrected chi connectivity index (χ4v) is 2.48. The summed E-state index contributed by atoms with van der Waals surface area (Å²) in [6.45, 7) is 6.81. The fraction of sp³-hybridized carbons (Fsp3) is 0.647. The number of amides is 1. The molecule has 0 radical (unpaired) electrons. The molecule has 0 saturated carbocycles. The number of carbonyl (C=O) groups is 1. The van der Waals surface area contributed by atoms with E-state index in [0.717, 1.165) is 18.4 Å². The first kappa shape index (κ1) is 16.9. The second-order valence-electron chi connectivity index (χ2n) is 6.34. The Morgan fingerprint density at radius 3 is 2.95 bits per heavy atom. The Balaban J connectivity index is 1.99. The Hall–Kier alpha value is -1.46. The first-order valence-electron chi connectivity index (χ1n) is 7.86. The number of carbonyl (C=O) groups excluding carboxylic acids is 1. The van der Waals surface area contributed by atoms with E-state index >= 15 is 0 Å². The van der Waals surface area contributed by atoms with Crippen molar-refractivity contribution in [2.24, 2.45) is 0 Å². The van der Waals surface area contributed by atoms with Gasteiger partial charge in [0.2, 0.25) is 5.91 Å². The third-order valence-corrected chi connectivity index (χ3v) is 4.40. The van der Waals surface area contributed by atoms with Crippen molar-refractivity contribution in [1.29, 1.82) is 0 Å². The molecule has 5 heteroatoms. The van der Waals surface area contributed by atoms with Crippen LogP contribution in [0.3, 0.4) is 0 Å². The van der Waals surface area contributed by atoms with E-state index in [1.807, 2.05) is 33.0 Å². The van der Waals surface area contributed by atoms with E-state index in [0.29, 0.717) is 6.61 Å². The number of rotatable bonds is 6. The maximum Gasteiger partial charge on any atom is 0.248 e. The number of pyridine rings is 1. The number of hydrogen-bond donors (Lipinski definition) is 0. The van der Waals surface area contributed by atoms with Gasteiger partial charge in [0.25, 0.3) is 0 Å². The fourth-order valence-electron chi connectivity index (χ4n) is 2.48. The van der Waals surface area contributed by atoms with E-state index in [1.165, 1.54) is 0 Å². The first-order chi connectivity index (χ1) is 10.4. The topological polar surface area (TPSA) is 51.7 Å². The number of nitrogens with zero attached hydrogens (tertiary/aromatic N) is 2. The molecule has 1 aromatic rings. The molecule has 2 rings (SSSR count). The highest BCUT2D eigenvalue weighted by atomic mass is 16.5. The minimum absolute atomic E-state index is 0.00841. The van der Waals surface area contributed by atoms with Gasteiger partial charge in [-0.15, -0.1) is 0 Å². The smallest absolute Gasteiger partial charge is 0.248 e. The van der Waals surface area contributed by atoms with Crippen LogP contribution in [0.1, 0.15) is 45.3 Å². The lowest BCUT2D eigenvalue weighted by molar-refractivity contribution is -0.143. The van der Waals surface area contributed by atoms with Gasteiger partial charge >= 0.3 is 0 Å². The van der Waals surface area contributed by atoms with Crippen molar-refractivity contribution in [2.75, 3.05) is 20.3 Å². The molecule has 0 bridgehead atoms. The molecule has 1 fully saturated rings. The van der Waals surface area contributed by atoms with Crippen LogP contribution in [0.2, 0.25) is 0 Å². The molecular formula is C17H26N2O3. The van der Waals surface area contributed by atoms with E-state index in [9.17, 15) is 4.79 Å². The highest BCUT2D eigenvalue weighted by Crippen LogP contribution is 2.32. The average Bonchev–Trinajstić information content (AvgIpc) is 3.02. The molecule has 1 saturated heterocycles. The van der Waals surface area contributed by atoms with E-state index in [4.69, 9.17) is 9.47 Å². The molecule has 0 aliphatic carbocycles. The molecule has 0 N–H and O–H groups in total. The van der Waals surface area contributed by atoms with Gasteiger partial charge in [0, 0.05) is 31.6 Å². The third-order valence-electron chi connectivity index (χ3n) is 4.40. The molecular weight excluding hydrogens is 280 g/mol. The highest BCUT2D eigenvalue weighted by molar-refractivity contribution is 5.77. The molecule has 0 spiro atoms. The summed E-state index contributed by atoms with van der Waals surface area (Å²) in [6, 6.07) is 3.92. The van der Waals surface area contributed by atoms with Gasteiger partial charge < -0.3 is 14.4 Å². The van der Waals surface area contributed by atoms with Crippen molar-refractivity contribution in [1.82, 2.24) is 9.88 Å². The van der Waals surface area contributed by atoms with Gasteiger partial charge in [-0.1, -0.05) is 13.0 Å². The Morgan fingerprint density at radius 2 is 2.32 bits per heavy atom. The largest absolute Gasteiger partial charge is 0.371 e. The van der Waals surface area contributed by atoms with Gasteiger partial charge in [-0.2, -0.15) is 0 Å². The predicted molar refractivity (Wildman–Crippen MR) is 84.4 cm³/mol. The van der Waals surface area contributed by atoms with Crippen LogP contribution in [0.4, 0.5) is 0 Å². The van der Waals surface area contributed by atoms with Crippen molar-refractivity contribution in [3.63, 3.8) is 0 Å². The molecule has 5 nitrogen and oxygen atoms in total. The molecule has 1 aromatic heterocycles. The lowest BCUT2D eigenvalue weighted by atomic mass is 10.0. The van der Waals surface area contributed by atoms with E-state index in [-0.39, 0.29) is 30.3 Å². The van der Waals surface area contributed by atoms with Gasteiger partial charge in [-0.25, -0.2) is 0 Å². The Bertz CT molecular complexity index is 490. The maximum atomic E-state index is 12.4. The van der Waals surface area contributed by atoms with Crippen LogP contribution in [0.5, 0.6) is 0 Å². The van der Waals surface area contributed by atoms with Crippen molar-refractivity contribution >= 4 is 5.91 Å². The van der Waals surface area contributed by atoms with Gasteiger partial charge in [0.1, 0.15) is 12.7 Å². The highest BCUT2D eigenvalue weighted by Gasteiger charge is 2.35. The van der Waals surface area contributed by atoms with Crippen LogP contribution < -0.4 is 0 Å². The zero-order valence-corrected chi connectivity index (χ0v) is 13.9. The predicted octanol–water partition coefficient (Wildman–Crippen LogP) is 2.58. The van der Waals surface area contributed by atoms with Crippen molar-refractivity contribution < 1.29 is 14.3 Å². The van der Waals surface area contributed by atoms with Crippen molar-refractivity contribution in [3.8, 4) is 0 Å². The summed E-state index contributed by atoms with van der Waals surface area (Å²) >= 11 is 0. The van der Waals surface area contributed by atoms with Gasteiger partial charge in [0.05, 0.1) is 11.6 Å². The van der Waals surface area contributed by atoms with Crippen LogP contribution in [-0.4, -0.2) is 47.7 Å². The average molecular weight is 306 g/mol. The monoisotopic (exact) mass is 306 g/mol. The van der Waals surface area contributed by atoms with E-state index < -0.39 is 0 Å². The summed E-state index contributed by atoms with van der Waals surface area (Å²) in [6.07, 6.45) is 5.14. The second kappa shape index (κ2) is 7.20. The quantitative estimate of drug-likeness (QED) is 0.810. The Morgan fingerprint density at radius 1 is 1.55 bits per heavy atom. The molecule has 22 heavy (non-hydrogen) atoms. The van der Waals surface area contributed by atoms with Crippen LogP contribution in [0, 0.1) is 0 Å². The summed E-state index contributed by atoms with van der Waals surface area (Å²) in [5.41, 5.74) is 0.741. The summed E-state index contributed by atoms with van der Waals surface area (Å²) in [4.78, 5) is 18.3. The molecule has 2 heterocycles. The van der Waals surface area contributed by atoms with Crippen molar-refractivity contribution in [3.05, 3.63) is 30.1 Å². The Labute approximate surface area is 132 Å². The van der Waals surface area contributed by atoms with Crippen LogP contribution in [0.25, 0.3) is 0 Å². The van der Waals surface area contributed by atoms with Crippen LogP contribution in [0.15, 0.2) is 24.5 Å². The molecule has 1 aliphatic heterocycles. The summed E-state index contributed by atoms with van der Waals surface area (Å²) in [5, 5.41) is 0. The van der Waals surface area contributed by atoms with Gasteiger partial charge in [-0.3, -0.25) is 9.78 Å². The molecule has 122 valence electrons. The minimum Gasteiger partial charge on any atom is -0.371 e. The molecule has 2 atom stereocenters. The van der Waals surface area contributed by atoms with Gasteiger partial charge in [-0.05, 0) is 32.8 Å². The number of ether oxygens (including phenoxy) is 2. The summed E-state index contributed by atoms with van der Waals surface area (Å²) in [5.74, 6) is -0.00841. The van der Waals surface area contributed by atoms with Crippen molar-refractivity contribution in [2.45, 2.75) is 51.4 Å². The van der Waals surface area contributed by atoms with Gasteiger partial charge in [0.15, 0.2) is 0 Å². The molecule has 0 aromatic carbocycles. The molecule has 1 aliphatic rings. The van der Waals surface area contributed by atoms with E-state index in [2.05, 4.69) is 11.9 Å². The zero-order chi connectivity index (χ0) is 16.2. The summed E-state index contributed by atoms with van der Waals surface area (Å²) in [7, 11) is 1.83. The third kappa shape index (κ3) is 4.05.